The Bertz CT molecular complexity index is 721. The van der Waals surface area contributed by atoms with E-state index in [2.05, 4.69) is 4.90 Å². The molecule has 2 amide bonds. The van der Waals surface area contributed by atoms with Crippen molar-refractivity contribution in [1.29, 1.82) is 0 Å². The standard InChI is InChI=1S/C20H27N3O4/c1-3-23-19(25)17(15-5-7-16(8-6-15)27-4-2)18(20(23)26)22-11-9-21(10-12-22)13-14-24/h5-8,24H,3-4,9-14H2,1-2H3. The molecule has 1 saturated heterocycles. The van der Waals surface area contributed by atoms with Gasteiger partial charge in [-0.15, -0.1) is 0 Å². The number of aliphatic hydroxyl groups excluding tert-OH is 1. The minimum absolute atomic E-state index is 0.126. The molecule has 0 saturated carbocycles. The summed E-state index contributed by atoms with van der Waals surface area (Å²) in [4.78, 5) is 31.3. The molecule has 0 bridgehead atoms. The van der Waals surface area contributed by atoms with E-state index in [1.807, 2.05) is 43.0 Å². The zero-order chi connectivity index (χ0) is 19.4. The fourth-order valence-corrected chi connectivity index (χ4v) is 3.63. The van der Waals surface area contributed by atoms with Crippen LogP contribution in [0.3, 0.4) is 0 Å². The molecular weight excluding hydrogens is 346 g/mol. The average Bonchev–Trinajstić information content (AvgIpc) is 2.93. The fourth-order valence-electron chi connectivity index (χ4n) is 3.63. The first-order chi connectivity index (χ1) is 13.1. The molecule has 1 aromatic carbocycles. The maximum Gasteiger partial charge on any atom is 0.277 e. The van der Waals surface area contributed by atoms with Crippen LogP contribution < -0.4 is 4.74 Å². The number of imide groups is 1. The summed E-state index contributed by atoms with van der Waals surface area (Å²) in [7, 11) is 0. The number of carbonyl (C=O) groups excluding carboxylic acids is 2. The highest BCUT2D eigenvalue weighted by Gasteiger charge is 2.41. The summed E-state index contributed by atoms with van der Waals surface area (Å²) in [5.74, 6) is 0.284. The average molecular weight is 373 g/mol. The molecule has 1 N–H and O–H groups in total. The van der Waals surface area contributed by atoms with Crippen molar-refractivity contribution in [3.05, 3.63) is 35.5 Å². The number of piperazine rings is 1. The van der Waals surface area contributed by atoms with Crippen LogP contribution in [-0.2, 0) is 9.59 Å². The summed E-state index contributed by atoms with van der Waals surface area (Å²) >= 11 is 0. The summed E-state index contributed by atoms with van der Waals surface area (Å²) in [5.41, 5.74) is 1.70. The van der Waals surface area contributed by atoms with Gasteiger partial charge in [-0.1, -0.05) is 12.1 Å². The highest BCUT2D eigenvalue weighted by molar-refractivity contribution is 6.35. The fraction of sp³-hybridized carbons (Fsp3) is 0.500. The summed E-state index contributed by atoms with van der Waals surface area (Å²) < 4.78 is 5.48. The van der Waals surface area contributed by atoms with Crippen LogP contribution >= 0.6 is 0 Å². The lowest BCUT2D eigenvalue weighted by atomic mass is 10.0. The number of ether oxygens (including phenoxy) is 1. The van der Waals surface area contributed by atoms with Gasteiger partial charge in [0.1, 0.15) is 11.4 Å². The van der Waals surface area contributed by atoms with E-state index in [1.165, 1.54) is 4.90 Å². The molecule has 7 heteroatoms. The molecule has 1 fully saturated rings. The molecule has 0 aliphatic carbocycles. The van der Waals surface area contributed by atoms with Crippen LogP contribution in [0.15, 0.2) is 30.0 Å². The minimum Gasteiger partial charge on any atom is -0.494 e. The first kappa shape index (κ1) is 19.4. The lowest BCUT2D eigenvalue weighted by Gasteiger charge is -2.36. The predicted octanol–water partition coefficient (Wildman–Crippen LogP) is 0.795. The van der Waals surface area contributed by atoms with E-state index in [-0.39, 0.29) is 18.4 Å². The van der Waals surface area contributed by atoms with Gasteiger partial charge >= 0.3 is 0 Å². The normalized spacial score (nSPS) is 18.6. The number of amides is 2. The van der Waals surface area contributed by atoms with Crippen LogP contribution in [0.1, 0.15) is 19.4 Å². The van der Waals surface area contributed by atoms with Gasteiger partial charge < -0.3 is 14.7 Å². The number of hydrogen-bond acceptors (Lipinski definition) is 6. The minimum atomic E-state index is -0.237. The third kappa shape index (κ3) is 3.84. The zero-order valence-corrected chi connectivity index (χ0v) is 16.0. The maximum atomic E-state index is 12.9. The van der Waals surface area contributed by atoms with E-state index in [0.717, 1.165) is 24.4 Å². The van der Waals surface area contributed by atoms with Gasteiger partial charge in [0.15, 0.2) is 0 Å². The number of carbonyl (C=O) groups is 2. The number of rotatable bonds is 7. The van der Waals surface area contributed by atoms with Crippen LogP contribution in [0.25, 0.3) is 5.57 Å². The van der Waals surface area contributed by atoms with Gasteiger partial charge in [-0.3, -0.25) is 19.4 Å². The molecule has 3 rings (SSSR count). The molecule has 0 atom stereocenters. The summed E-state index contributed by atoms with van der Waals surface area (Å²) in [6.45, 7) is 8.25. The Hall–Kier alpha value is -2.38. The lowest BCUT2D eigenvalue weighted by molar-refractivity contribution is -0.137. The van der Waals surface area contributed by atoms with Crippen molar-refractivity contribution < 1.29 is 19.4 Å². The molecule has 1 aromatic rings. The van der Waals surface area contributed by atoms with Gasteiger partial charge in [0, 0.05) is 39.3 Å². The third-order valence-electron chi connectivity index (χ3n) is 5.02. The zero-order valence-electron chi connectivity index (χ0n) is 16.0. The Labute approximate surface area is 159 Å². The quantitative estimate of drug-likeness (QED) is 0.713. The predicted molar refractivity (Wildman–Crippen MR) is 102 cm³/mol. The molecule has 0 spiro atoms. The Kier molecular flexibility index (Phi) is 6.13. The molecule has 0 unspecified atom stereocenters. The Morgan fingerprint density at radius 1 is 1.00 bits per heavy atom. The Balaban J connectivity index is 1.92. The molecule has 7 nitrogen and oxygen atoms in total. The van der Waals surface area contributed by atoms with Gasteiger partial charge in [-0.2, -0.15) is 0 Å². The van der Waals surface area contributed by atoms with Gasteiger partial charge in [0.25, 0.3) is 11.8 Å². The SMILES string of the molecule is CCOc1ccc(C2=C(N3CCN(CCO)CC3)C(=O)N(CC)C2=O)cc1. The maximum absolute atomic E-state index is 12.9. The molecular formula is C20H27N3O4. The topological polar surface area (TPSA) is 73.3 Å². The van der Waals surface area contributed by atoms with E-state index in [4.69, 9.17) is 9.84 Å². The summed E-state index contributed by atoms with van der Waals surface area (Å²) in [6.07, 6.45) is 0. The molecule has 27 heavy (non-hydrogen) atoms. The monoisotopic (exact) mass is 373 g/mol. The highest BCUT2D eigenvalue weighted by atomic mass is 16.5. The number of β-amino-alcohol motifs (C(OH)–C–C–N with tert-alkyl or cyclic N) is 1. The van der Waals surface area contributed by atoms with Crippen LogP contribution in [0.5, 0.6) is 5.75 Å². The molecule has 146 valence electrons. The number of hydrogen-bond donors (Lipinski definition) is 1. The molecule has 2 aliphatic heterocycles. The van der Waals surface area contributed by atoms with Crippen LogP contribution in [0, 0.1) is 0 Å². The van der Waals surface area contributed by atoms with E-state index >= 15 is 0 Å². The number of aliphatic hydroxyl groups is 1. The van der Waals surface area contributed by atoms with Gasteiger partial charge in [-0.05, 0) is 31.5 Å². The van der Waals surface area contributed by atoms with Gasteiger partial charge in [-0.25, -0.2) is 0 Å². The first-order valence-corrected chi connectivity index (χ1v) is 9.52. The number of likely N-dealkylation sites (N-methyl/N-ethyl adjacent to an activating group) is 1. The van der Waals surface area contributed by atoms with Crippen molar-refractivity contribution in [2.75, 3.05) is 52.5 Å². The van der Waals surface area contributed by atoms with Crippen LogP contribution in [0.4, 0.5) is 0 Å². The van der Waals surface area contributed by atoms with E-state index in [0.29, 0.717) is 44.1 Å². The Morgan fingerprint density at radius 3 is 2.22 bits per heavy atom. The van der Waals surface area contributed by atoms with Crippen LogP contribution in [-0.4, -0.2) is 84.1 Å². The first-order valence-electron chi connectivity index (χ1n) is 9.52. The Morgan fingerprint density at radius 2 is 1.67 bits per heavy atom. The van der Waals surface area contributed by atoms with Crippen LogP contribution in [0.2, 0.25) is 0 Å². The smallest absolute Gasteiger partial charge is 0.277 e. The molecule has 2 heterocycles. The van der Waals surface area contributed by atoms with Gasteiger partial charge in [0.2, 0.25) is 0 Å². The van der Waals surface area contributed by atoms with E-state index < -0.39 is 0 Å². The molecule has 0 aromatic heterocycles. The lowest BCUT2D eigenvalue weighted by Crippen LogP contribution is -2.48. The van der Waals surface area contributed by atoms with Gasteiger partial charge in [0.05, 0.1) is 18.8 Å². The van der Waals surface area contributed by atoms with Crippen molar-refractivity contribution in [1.82, 2.24) is 14.7 Å². The number of nitrogens with zero attached hydrogens (tertiary/aromatic N) is 3. The van der Waals surface area contributed by atoms with Crippen molar-refractivity contribution in [3.63, 3.8) is 0 Å². The second-order valence-corrected chi connectivity index (χ2v) is 6.59. The second-order valence-electron chi connectivity index (χ2n) is 6.59. The summed E-state index contributed by atoms with van der Waals surface area (Å²) in [6, 6.07) is 7.34. The molecule has 0 radical (unpaired) electrons. The van der Waals surface area contributed by atoms with Crippen molar-refractivity contribution >= 4 is 17.4 Å². The molecule has 2 aliphatic rings. The highest BCUT2D eigenvalue weighted by Crippen LogP contribution is 2.32. The van der Waals surface area contributed by atoms with E-state index in [1.54, 1.807) is 0 Å². The second kappa shape index (κ2) is 8.54. The number of benzene rings is 1. The third-order valence-corrected chi connectivity index (χ3v) is 5.02. The van der Waals surface area contributed by atoms with E-state index in [9.17, 15) is 9.59 Å². The van der Waals surface area contributed by atoms with Crippen molar-refractivity contribution in [2.24, 2.45) is 0 Å². The van der Waals surface area contributed by atoms with Crippen molar-refractivity contribution in [2.45, 2.75) is 13.8 Å². The summed E-state index contributed by atoms with van der Waals surface area (Å²) in [5, 5.41) is 9.11. The largest absolute Gasteiger partial charge is 0.494 e. The van der Waals surface area contributed by atoms with Crippen molar-refractivity contribution in [3.8, 4) is 5.75 Å².